The van der Waals surface area contributed by atoms with Crippen LogP contribution in [0.4, 0.5) is 5.69 Å². The summed E-state index contributed by atoms with van der Waals surface area (Å²) in [4.78, 5) is 10.4. The molecule has 20 heavy (non-hydrogen) atoms. The monoisotopic (exact) mass is 280 g/mol. The zero-order valence-electron chi connectivity index (χ0n) is 12.5. The Balaban J connectivity index is 2.30. The molecule has 0 aliphatic rings. The van der Waals surface area contributed by atoms with Gasteiger partial charge in [0.25, 0.3) is 5.69 Å². The second-order valence-corrected chi connectivity index (χ2v) is 5.32. The van der Waals surface area contributed by atoms with E-state index >= 15 is 0 Å². The SMILES string of the molecule is CC(C)CCOCCNC(C)c1cccc([N+](=O)[O-])c1. The van der Waals surface area contributed by atoms with Gasteiger partial charge in [-0.3, -0.25) is 10.1 Å². The van der Waals surface area contributed by atoms with Crippen LogP contribution in [0.25, 0.3) is 0 Å². The molecule has 1 aromatic carbocycles. The van der Waals surface area contributed by atoms with Crippen LogP contribution < -0.4 is 5.32 Å². The first-order chi connectivity index (χ1) is 9.50. The van der Waals surface area contributed by atoms with E-state index in [1.807, 2.05) is 13.0 Å². The quantitative estimate of drug-likeness (QED) is 0.428. The number of rotatable bonds is 9. The van der Waals surface area contributed by atoms with Crippen LogP contribution >= 0.6 is 0 Å². The zero-order valence-corrected chi connectivity index (χ0v) is 12.5. The summed E-state index contributed by atoms with van der Waals surface area (Å²) in [6.45, 7) is 8.52. The molecule has 0 aliphatic carbocycles. The van der Waals surface area contributed by atoms with Gasteiger partial charge in [0.2, 0.25) is 0 Å². The summed E-state index contributed by atoms with van der Waals surface area (Å²) in [6.07, 6.45) is 1.07. The van der Waals surface area contributed by atoms with E-state index in [1.54, 1.807) is 12.1 Å². The second kappa shape index (κ2) is 8.66. The molecular weight excluding hydrogens is 256 g/mol. The average Bonchev–Trinajstić information content (AvgIpc) is 2.42. The molecule has 1 rings (SSSR count). The first-order valence-electron chi connectivity index (χ1n) is 7.06. The summed E-state index contributed by atoms with van der Waals surface area (Å²) < 4.78 is 5.52. The predicted molar refractivity (Wildman–Crippen MR) is 79.8 cm³/mol. The second-order valence-electron chi connectivity index (χ2n) is 5.32. The Hall–Kier alpha value is -1.46. The molecule has 1 aromatic rings. The highest BCUT2D eigenvalue weighted by Crippen LogP contribution is 2.18. The molecule has 0 spiro atoms. The topological polar surface area (TPSA) is 64.4 Å². The molecule has 0 aromatic heterocycles. The van der Waals surface area contributed by atoms with E-state index < -0.39 is 0 Å². The van der Waals surface area contributed by atoms with Crippen molar-refractivity contribution in [3.63, 3.8) is 0 Å². The molecule has 112 valence electrons. The van der Waals surface area contributed by atoms with Gasteiger partial charge in [0.1, 0.15) is 0 Å². The first-order valence-corrected chi connectivity index (χ1v) is 7.06. The van der Waals surface area contributed by atoms with Gasteiger partial charge in [-0.1, -0.05) is 26.0 Å². The van der Waals surface area contributed by atoms with Crippen LogP contribution in [-0.2, 0) is 4.74 Å². The molecule has 0 radical (unpaired) electrons. The molecule has 0 bridgehead atoms. The van der Waals surface area contributed by atoms with Crippen LogP contribution in [0.5, 0.6) is 0 Å². The molecule has 0 saturated carbocycles. The summed E-state index contributed by atoms with van der Waals surface area (Å²) in [6, 6.07) is 6.79. The largest absolute Gasteiger partial charge is 0.380 e. The Bertz CT molecular complexity index is 421. The van der Waals surface area contributed by atoms with Crippen molar-refractivity contribution in [1.82, 2.24) is 5.32 Å². The van der Waals surface area contributed by atoms with E-state index in [-0.39, 0.29) is 16.7 Å². The number of benzene rings is 1. The third-order valence-electron chi connectivity index (χ3n) is 3.12. The molecular formula is C15H24N2O3. The zero-order chi connectivity index (χ0) is 15.0. The lowest BCUT2D eigenvalue weighted by Crippen LogP contribution is -2.23. The minimum atomic E-state index is -0.370. The standard InChI is InChI=1S/C15H24N2O3/c1-12(2)7-9-20-10-8-16-13(3)14-5-4-6-15(11-14)17(18)19/h4-6,11-13,16H,7-10H2,1-3H3. The fourth-order valence-electron chi connectivity index (χ4n) is 1.79. The highest BCUT2D eigenvalue weighted by atomic mass is 16.6. The Morgan fingerprint density at radius 1 is 1.30 bits per heavy atom. The molecule has 0 fully saturated rings. The van der Waals surface area contributed by atoms with Crippen LogP contribution in [0, 0.1) is 16.0 Å². The fourth-order valence-corrected chi connectivity index (χ4v) is 1.79. The van der Waals surface area contributed by atoms with E-state index in [0.29, 0.717) is 12.5 Å². The molecule has 1 unspecified atom stereocenters. The van der Waals surface area contributed by atoms with Gasteiger partial charge in [-0.15, -0.1) is 0 Å². The Labute approximate surface area is 120 Å². The van der Waals surface area contributed by atoms with Crippen molar-refractivity contribution < 1.29 is 9.66 Å². The maximum Gasteiger partial charge on any atom is 0.269 e. The average molecular weight is 280 g/mol. The fraction of sp³-hybridized carbons (Fsp3) is 0.600. The number of nitro groups is 1. The molecule has 1 atom stereocenters. The molecule has 0 saturated heterocycles. The van der Waals surface area contributed by atoms with Gasteiger partial charge in [-0.2, -0.15) is 0 Å². The number of non-ortho nitro benzene ring substituents is 1. The highest BCUT2D eigenvalue weighted by molar-refractivity contribution is 5.35. The van der Waals surface area contributed by atoms with Gasteiger partial charge in [0, 0.05) is 31.3 Å². The molecule has 5 nitrogen and oxygen atoms in total. The molecule has 0 aliphatic heterocycles. The molecule has 0 amide bonds. The number of nitro benzene ring substituents is 1. The maximum absolute atomic E-state index is 10.7. The summed E-state index contributed by atoms with van der Waals surface area (Å²) in [5, 5.41) is 14.0. The third kappa shape index (κ3) is 6.12. The minimum absolute atomic E-state index is 0.0728. The van der Waals surface area contributed by atoms with Crippen molar-refractivity contribution in [3.05, 3.63) is 39.9 Å². The van der Waals surface area contributed by atoms with E-state index in [2.05, 4.69) is 19.2 Å². The first kappa shape index (κ1) is 16.6. The lowest BCUT2D eigenvalue weighted by molar-refractivity contribution is -0.384. The third-order valence-corrected chi connectivity index (χ3v) is 3.12. The number of hydrogen-bond donors (Lipinski definition) is 1. The highest BCUT2D eigenvalue weighted by Gasteiger charge is 2.10. The summed E-state index contributed by atoms with van der Waals surface area (Å²) in [5.41, 5.74) is 1.05. The van der Waals surface area contributed by atoms with Crippen molar-refractivity contribution in [2.75, 3.05) is 19.8 Å². The van der Waals surface area contributed by atoms with E-state index in [1.165, 1.54) is 6.07 Å². The van der Waals surface area contributed by atoms with E-state index in [4.69, 9.17) is 4.74 Å². The van der Waals surface area contributed by atoms with Crippen molar-refractivity contribution in [2.45, 2.75) is 33.2 Å². The Morgan fingerprint density at radius 3 is 2.70 bits per heavy atom. The number of nitrogens with one attached hydrogen (secondary N) is 1. The van der Waals surface area contributed by atoms with Crippen molar-refractivity contribution >= 4 is 5.69 Å². The number of hydrogen-bond acceptors (Lipinski definition) is 4. The van der Waals surface area contributed by atoms with Crippen LogP contribution in [0.2, 0.25) is 0 Å². The molecule has 5 heteroatoms. The number of nitrogens with zero attached hydrogens (tertiary/aromatic N) is 1. The van der Waals surface area contributed by atoms with Gasteiger partial charge >= 0.3 is 0 Å². The lowest BCUT2D eigenvalue weighted by atomic mass is 10.1. The summed E-state index contributed by atoms with van der Waals surface area (Å²) in [7, 11) is 0. The number of ether oxygens (including phenoxy) is 1. The van der Waals surface area contributed by atoms with Gasteiger partial charge in [0.05, 0.1) is 11.5 Å². The van der Waals surface area contributed by atoms with Gasteiger partial charge in [-0.25, -0.2) is 0 Å². The van der Waals surface area contributed by atoms with Crippen LogP contribution in [0.3, 0.4) is 0 Å². The minimum Gasteiger partial charge on any atom is -0.380 e. The normalized spacial score (nSPS) is 12.6. The molecule has 0 heterocycles. The van der Waals surface area contributed by atoms with Crippen LogP contribution in [0.1, 0.15) is 38.8 Å². The maximum atomic E-state index is 10.7. The van der Waals surface area contributed by atoms with Crippen molar-refractivity contribution in [1.29, 1.82) is 0 Å². The Morgan fingerprint density at radius 2 is 2.05 bits per heavy atom. The predicted octanol–water partition coefficient (Wildman–Crippen LogP) is 3.31. The van der Waals surface area contributed by atoms with Crippen molar-refractivity contribution in [3.8, 4) is 0 Å². The van der Waals surface area contributed by atoms with Crippen molar-refractivity contribution in [2.24, 2.45) is 5.92 Å². The lowest BCUT2D eigenvalue weighted by Gasteiger charge is -2.14. The Kier molecular flexibility index (Phi) is 7.18. The smallest absolute Gasteiger partial charge is 0.269 e. The summed E-state index contributed by atoms with van der Waals surface area (Å²) >= 11 is 0. The van der Waals surface area contributed by atoms with E-state index in [9.17, 15) is 10.1 Å². The van der Waals surface area contributed by atoms with Gasteiger partial charge in [-0.05, 0) is 24.8 Å². The van der Waals surface area contributed by atoms with Gasteiger partial charge in [0.15, 0.2) is 0 Å². The van der Waals surface area contributed by atoms with Gasteiger partial charge < -0.3 is 10.1 Å². The molecule has 1 N–H and O–H groups in total. The van der Waals surface area contributed by atoms with Crippen LogP contribution in [-0.4, -0.2) is 24.7 Å². The van der Waals surface area contributed by atoms with Crippen LogP contribution in [0.15, 0.2) is 24.3 Å². The van der Waals surface area contributed by atoms with E-state index in [0.717, 1.165) is 25.1 Å². The summed E-state index contributed by atoms with van der Waals surface area (Å²) in [5.74, 6) is 0.659.